The normalized spacial score (nSPS) is 11.6. The highest BCUT2D eigenvalue weighted by Crippen LogP contribution is 2.16. The SMILES string of the molecule is O=C(/C=C/c1ccccc1O)/C=C(/O)C(=O)O. The van der Waals surface area contributed by atoms with Gasteiger partial charge in [0.15, 0.2) is 5.78 Å². The molecule has 0 saturated carbocycles. The summed E-state index contributed by atoms with van der Waals surface area (Å²) in [6.07, 6.45) is 2.95. The molecule has 5 nitrogen and oxygen atoms in total. The van der Waals surface area contributed by atoms with Crippen LogP contribution in [0.15, 0.2) is 42.2 Å². The van der Waals surface area contributed by atoms with E-state index in [1.807, 2.05) is 0 Å². The van der Waals surface area contributed by atoms with E-state index in [2.05, 4.69) is 0 Å². The summed E-state index contributed by atoms with van der Waals surface area (Å²) in [6, 6.07) is 6.34. The molecule has 3 N–H and O–H groups in total. The Hall–Kier alpha value is -2.56. The van der Waals surface area contributed by atoms with Crippen molar-refractivity contribution in [3.8, 4) is 5.75 Å². The maximum Gasteiger partial charge on any atom is 0.371 e. The van der Waals surface area contributed by atoms with E-state index in [0.717, 1.165) is 6.08 Å². The highest BCUT2D eigenvalue weighted by Gasteiger charge is 2.05. The van der Waals surface area contributed by atoms with Gasteiger partial charge in [0.2, 0.25) is 5.76 Å². The molecule has 0 heterocycles. The Balaban J connectivity index is 2.80. The first kappa shape index (κ1) is 12.5. The van der Waals surface area contributed by atoms with Gasteiger partial charge in [-0.1, -0.05) is 18.2 Å². The number of aromatic hydroxyl groups is 1. The molecule has 0 aliphatic carbocycles. The van der Waals surface area contributed by atoms with Crippen LogP contribution >= 0.6 is 0 Å². The summed E-state index contributed by atoms with van der Waals surface area (Å²) >= 11 is 0. The molecule has 0 fully saturated rings. The minimum absolute atomic E-state index is 0.00276. The molecule has 17 heavy (non-hydrogen) atoms. The van der Waals surface area contributed by atoms with Gasteiger partial charge in [0.1, 0.15) is 5.75 Å². The first-order valence-corrected chi connectivity index (χ1v) is 4.64. The number of benzene rings is 1. The number of carbonyl (C=O) groups is 2. The van der Waals surface area contributed by atoms with E-state index in [-0.39, 0.29) is 5.75 Å². The van der Waals surface area contributed by atoms with E-state index < -0.39 is 17.5 Å². The molecule has 1 aromatic carbocycles. The van der Waals surface area contributed by atoms with Crippen LogP contribution in [0.2, 0.25) is 0 Å². The van der Waals surface area contributed by atoms with Crippen LogP contribution in [-0.4, -0.2) is 27.1 Å². The van der Waals surface area contributed by atoms with Gasteiger partial charge in [0.05, 0.1) is 0 Å². The number of aliphatic hydroxyl groups excluding tert-OH is 1. The Labute approximate surface area is 96.9 Å². The fraction of sp³-hybridized carbons (Fsp3) is 0. The maximum absolute atomic E-state index is 11.2. The number of allylic oxidation sites excluding steroid dienone is 2. The molecule has 0 amide bonds. The largest absolute Gasteiger partial charge is 0.507 e. The standard InChI is InChI=1S/C12H10O5/c13-9(7-11(15)12(16)17)6-5-8-3-1-2-4-10(8)14/h1-7,14-15H,(H,16,17)/b6-5+,11-7+. The van der Waals surface area contributed by atoms with Crippen LogP contribution in [0.5, 0.6) is 5.75 Å². The van der Waals surface area contributed by atoms with Gasteiger partial charge in [-0.2, -0.15) is 0 Å². The Morgan fingerprint density at radius 1 is 1.12 bits per heavy atom. The quantitative estimate of drug-likeness (QED) is 0.542. The zero-order valence-electron chi connectivity index (χ0n) is 8.70. The molecule has 0 unspecified atom stereocenters. The van der Waals surface area contributed by atoms with E-state index >= 15 is 0 Å². The van der Waals surface area contributed by atoms with Crippen molar-refractivity contribution in [3.63, 3.8) is 0 Å². The molecule has 0 bridgehead atoms. The summed E-state index contributed by atoms with van der Waals surface area (Å²) in [7, 11) is 0. The predicted molar refractivity (Wildman–Crippen MR) is 60.5 cm³/mol. The molecular formula is C12H10O5. The number of phenolic OH excluding ortho intramolecular Hbond substituents is 1. The second-order valence-corrected chi connectivity index (χ2v) is 3.13. The summed E-state index contributed by atoms with van der Waals surface area (Å²) in [4.78, 5) is 21.4. The van der Waals surface area contributed by atoms with Crippen molar-refractivity contribution < 1.29 is 24.9 Å². The molecule has 0 aliphatic rings. The van der Waals surface area contributed by atoms with E-state index in [4.69, 9.17) is 10.2 Å². The second kappa shape index (κ2) is 5.50. The molecule has 0 spiro atoms. The summed E-state index contributed by atoms with van der Waals surface area (Å²) < 4.78 is 0. The number of carbonyl (C=O) groups excluding carboxylic acids is 1. The Kier molecular flexibility index (Phi) is 4.05. The van der Waals surface area contributed by atoms with Gasteiger partial charge < -0.3 is 15.3 Å². The van der Waals surface area contributed by atoms with E-state index in [1.165, 1.54) is 12.1 Å². The zero-order valence-corrected chi connectivity index (χ0v) is 8.70. The lowest BCUT2D eigenvalue weighted by Crippen LogP contribution is -2.01. The van der Waals surface area contributed by atoms with Crippen molar-refractivity contribution in [1.82, 2.24) is 0 Å². The maximum atomic E-state index is 11.2. The van der Waals surface area contributed by atoms with Crippen molar-refractivity contribution in [2.75, 3.05) is 0 Å². The van der Waals surface area contributed by atoms with Gasteiger partial charge in [-0.3, -0.25) is 4.79 Å². The second-order valence-electron chi connectivity index (χ2n) is 3.13. The van der Waals surface area contributed by atoms with Gasteiger partial charge in [-0.15, -0.1) is 0 Å². The van der Waals surface area contributed by atoms with Gasteiger partial charge >= 0.3 is 5.97 Å². The first-order valence-electron chi connectivity index (χ1n) is 4.64. The van der Waals surface area contributed by atoms with Crippen LogP contribution in [0.4, 0.5) is 0 Å². The number of ketones is 1. The monoisotopic (exact) mass is 234 g/mol. The van der Waals surface area contributed by atoms with Gasteiger partial charge in [-0.25, -0.2) is 4.79 Å². The topological polar surface area (TPSA) is 94.8 Å². The minimum atomic E-state index is -1.57. The number of hydrogen-bond acceptors (Lipinski definition) is 4. The number of carboxylic acid groups (broad SMARTS) is 1. The van der Waals surface area contributed by atoms with Crippen LogP contribution in [-0.2, 0) is 9.59 Å². The highest BCUT2D eigenvalue weighted by atomic mass is 16.4. The molecule has 0 atom stereocenters. The van der Waals surface area contributed by atoms with Crippen LogP contribution in [0.1, 0.15) is 5.56 Å². The average molecular weight is 234 g/mol. The number of rotatable bonds is 4. The van der Waals surface area contributed by atoms with Crippen molar-refractivity contribution in [1.29, 1.82) is 0 Å². The van der Waals surface area contributed by atoms with Crippen LogP contribution in [0, 0.1) is 0 Å². The predicted octanol–water partition coefficient (Wildman–Crippen LogP) is 1.50. The lowest BCUT2D eigenvalue weighted by molar-refractivity contribution is -0.135. The van der Waals surface area contributed by atoms with Gasteiger partial charge in [0, 0.05) is 11.6 Å². The van der Waals surface area contributed by atoms with Gasteiger partial charge in [0.25, 0.3) is 0 Å². The highest BCUT2D eigenvalue weighted by molar-refractivity contribution is 6.05. The summed E-state index contributed by atoms with van der Waals surface area (Å²) in [5.74, 6) is -3.29. The number of aliphatic hydroxyl groups is 1. The zero-order chi connectivity index (χ0) is 12.8. The number of carboxylic acids is 1. The van der Waals surface area contributed by atoms with Crippen molar-refractivity contribution in [2.24, 2.45) is 0 Å². The molecule has 5 heteroatoms. The lowest BCUT2D eigenvalue weighted by Gasteiger charge is -1.96. The Bertz CT molecular complexity index is 499. The lowest BCUT2D eigenvalue weighted by atomic mass is 10.1. The Morgan fingerprint density at radius 3 is 2.35 bits per heavy atom. The molecular weight excluding hydrogens is 224 g/mol. The fourth-order valence-electron chi connectivity index (χ4n) is 1.04. The summed E-state index contributed by atoms with van der Waals surface area (Å²) in [6.45, 7) is 0. The number of aliphatic carboxylic acids is 1. The molecule has 0 aliphatic heterocycles. The van der Waals surface area contributed by atoms with Crippen molar-refractivity contribution >= 4 is 17.8 Å². The van der Waals surface area contributed by atoms with Crippen molar-refractivity contribution in [2.45, 2.75) is 0 Å². The number of para-hydroxylation sites is 1. The fourth-order valence-corrected chi connectivity index (χ4v) is 1.04. The van der Waals surface area contributed by atoms with Crippen molar-refractivity contribution in [3.05, 3.63) is 47.7 Å². The molecule has 0 saturated heterocycles. The molecule has 0 aromatic heterocycles. The first-order chi connectivity index (χ1) is 8.00. The molecule has 1 rings (SSSR count). The number of hydrogen-bond donors (Lipinski definition) is 3. The molecule has 0 radical (unpaired) electrons. The van der Waals surface area contributed by atoms with Crippen LogP contribution in [0.3, 0.4) is 0 Å². The molecule has 1 aromatic rings. The third-order valence-electron chi connectivity index (χ3n) is 1.86. The molecule has 88 valence electrons. The van der Waals surface area contributed by atoms with Crippen LogP contribution in [0.25, 0.3) is 6.08 Å². The third kappa shape index (κ3) is 3.83. The minimum Gasteiger partial charge on any atom is -0.507 e. The number of phenols is 1. The Morgan fingerprint density at radius 2 is 1.76 bits per heavy atom. The van der Waals surface area contributed by atoms with E-state index in [0.29, 0.717) is 11.6 Å². The van der Waals surface area contributed by atoms with Crippen LogP contribution < -0.4 is 0 Å². The average Bonchev–Trinajstić information content (AvgIpc) is 2.27. The third-order valence-corrected chi connectivity index (χ3v) is 1.86. The smallest absolute Gasteiger partial charge is 0.371 e. The summed E-state index contributed by atoms with van der Waals surface area (Å²) in [5.41, 5.74) is 0.420. The van der Waals surface area contributed by atoms with E-state index in [1.54, 1.807) is 18.2 Å². The van der Waals surface area contributed by atoms with E-state index in [9.17, 15) is 14.7 Å². The summed E-state index contributed by atoms with van der Waals surface area (Å²) in [5, 5.41) is 26.5. The van der Waals surface area contributed by atoms with Gasteiger partial charge in [-0.05, 0) is 18.2 Å².